The summed E-state index contributed by atoms with van der Waals surface area (Å²) in [5.74, 6) is 0.905. The van der Waals surface area contributed by atoms with E-state index < -0.39 is 0 Å². The molecule has 1 aromatic rings. The van der Waals surface area contributed by atoms with Gasteiger partial charge in [0.2, 0.25) is 0 Å². The van der Waals surface area contributed by atoms with E-state index in [0.29, 0.717) is 0 Å². The molecule has 2 atom stereocenters. The fourth-order valence-electron chi connectivity index (χ4n) is 2.90. The van der Waals surface area contributed by atoms with E-state index in [0.717, 1.165) is 44.0 Å². The van der Waals surface area contributed by atoms with Gasteiger partial charge in [0.1, 0.15) is 5.75 Å². The number of aliphatic hydroxyl groups is 1. The highest BCUT2D eigenvalue weighted by Crippen LogP contribution is 2.31. The average molecular weight is 308 g/mol. The van der Waals surface area contributed by atoms with Crippen LogP contribution in [0.3, 0.4) is 0 Å². The Morgan fingerprint density at radius 2 is 2.05 bits per heavy atom. The van der Waals surface area contributed by atoms with Crippen LogP contribution in [0, 0.1) is 0 Å². The van der Waals surface area contributed by atoms with Crippen molar-refractivity contribution in [1.29, 1.82) is 0 Å². The summed E-state index contributed by atoms with van der Waals surface area (Å²) in [6.07, 6.45) is 1.24. The first-order chi connectivity index (χ1) is 10.6. The number of benzene rings is 1. The van der Waals surface area contributed by atoms with Crippen molar-refractivity contribution in [3.05, 3.63) is 23.8 Å². The highest BCUT2D eigenvalue weighted by atomic mass is 16.5. The van der Waals surface area contributed by atoms with E-state index in [9.17, 15) is 0 Å². The lowest BCUT2D eigenvalue weighted by Gasteiger charge is -2.37. The van der Waals surface area contributed by atoms with Gasteiger partial charge < -0.3 is 24.8 Å². The molecule has 0 aromatic heterocycles. The van der Waals surface area contributed by atoms with Gasteiger partial charge in [-0.05, 0) is 44.5 Å². The van der Waals surface area contributed by atoms with Gasteiger partial charge in [0.15, 0.2) is 0 Å². The molecule has 0 amide bonds. The number of aliphatic hydroxyl groups excluding tert-OH is 1. The minimum absolute atomic E-state index is 0.225. The Hall–Kier alpha value is -1.30. The zero-order valence-corrected chi connectivity index (χ0v) is 13.8. The first-order valence-electron chi connectivity index (χ1n) is 8.03. The average Bonchev–Trinajstić information content (AvgIpc) is 2.50. The Kier molecular flexibility index (Phi) is 6.49. The molecule has 0 aliphatic carbocycles. The van der Waals surface area contributed by atoms with E-state index in [4.69, 9.17) is 14.6 Å². The van der Waals surface area contributed by atoms with Crippen LogP contribution in [-0.4, -0.2) is 50.7 Å². The molecule has 1 aliphatic heterocycles. The molecule has 1 saturated heterocycles. The summed E-state index contributed by atoms with van der Waals surface area (Å²) < 4.78 is 11.4. The topological polar surface area (TPSA) is 54.0 Å². The van der Waals surface area contributed by atoms with Gasteiger partial charge in [0, 0.05) is 26.2 Å². The molecule has 1 aliphatic rings. The number of hydrogen-bond donors (Lipinski definition) is 2. The second-order valence-corrected chi connectivity index (χ2v) is 5.92. The highest BCUT2D eigenvalue weighted by Gasteiger charge is 2.24. The lowest BCUT2D eigenvalue weighted by molar-refractivity contribution is -0.00532. The number of anilines is 1. The van der Waals surface area contributed by atoms with Crippen LogP contribution in [0.2, 0.25) is 0 Å². The summed E-state index contributed by atoms with van der Waals surface area (Å²) in [7, 11) is 1.72. The minimum atomic E-state index is 0.225. The van der Waals surface area contributed by atoms with Gasteiger partial charge >= 0.3 is 0 Å². The van der Waals surface area contributed by atoms with Gasteiger partial charge in [-0.2, -0.15) is 0 Å². The molecule has 0 radical (unpaired) electrons. The smallest absolute Gasteiger partial charge is 0.142 e. The number of nitrogens with one attached hydrogen (secondary N) is 1. The molecule has 2 rings (SSSR count). The van der Waals surface area contributed by atoms with Gasteiger partial charge in [0.25, 0.3) is 0 Å². The molecular formula is C17H28N2O3. The fourth-order valence-corrected chi connectivity index (χ4v) is 2.90. The van der Waals surface area contributed by atoms with Crippen molar-refractivity contribution in [2.24, 2.45) is 0 Å². The molecule has 0 saturated carbocycles. The van der Waals surface area contributed by atoms with Crippen molar-refractivity contribution < 1.29 is 14.6 Å². The van der Waals surface area contributed by atoms with Crippen molar-refractivity contribution in [1.82, 2.24) is 5.32 Å². The zero-order valence-electron chi connectivity index (χ0n) is 13.8. The number of ether oxygens (including phenoxy) is 2. The molecule has 5 nitrogen and oxygen atoms in total. The van der Waals surface area contributed by atoms with Crippen LogP contribution >= 0.6 is 0 Å². The molecule has 124 valence electrons. The maximum atomic E-state index is 8.79. The second kappa shape index (κ2) is 8.36. The standard InChI is InChI=1S/C17H28N2O3/c1-13-11-19(12-14(2)22-13)16-6-5-15(9-17(16)21-3)10-18-7-4-8-20/h5-6,9,13-14,18,20H,4,7-8,10-12H2,1-3H3. The van der Waals surface area contributed by atoms with Crippen molar-refractivity contribution in [3.8, 4) is 5.75 Å². The molecule has 1 aromatic carbocycles. The summed E-state index contributed by atoms with van der Waals surface area (Å²) in [5.41, 5.74) is 2.32. The van der Waals surface area contributed by atoms with Crippen LogP contribution < -0.4 is 15.0 Å². The second-order valence-electron chi connectivity index (χ2n) is 5.92. The van der Waals surface area contributed by atoms with E-state index in [1.165, 1.54) is 5.56 Å². The lowest BCUT2D eigenvalue weighted by Crippen LogP contribution is -2.45. The van der Waals surface area contributed by atoms with Crippen LogP contribution in [0.4, 0.5) is 5.69 Å². The summed E-state index contributed by atoms with van der Waals surface area (Å²) in [6.45, 7) is 7.81. The number of morpholine rings is 1. The molecule has 1 heterocycles. The molecule has 0 bridgehead atoms. The van der Waals surface area contributed by atoms with E-state index in [2.05, 4.69) is 42.3 Å². The fraction of sp³-hybridized carbons (Fsp3) is 0.647. The number of hydrogen-bond acceptors (Lipinski definition) is 5. The SMILES string of the molecule is COc1cc(CNCCCO)ccc1N1CC(C)OC(C)C1. The third kappa shape index (κ3) is 4.60. The van der Waals surface area contributed by atoms with Crippen molar-refractivity contribution in [2.75, 3.05) is 38.3 Å². The zero-order chi connectivity index (χ0) is 15.9. The predicted octanol–water partition coefficient (Wildman–Crippen LogP) is 1.78. The van der Waals surface area contributed by atoms with Crippen LogP contribution in [0.15, 0.2) is 18.2 Å². The Bertz CT molecular complexity index is 457. The van der Waals surface area contributed by atoms with Crippen LogP contribution in [0.5, 0.6) is 5.75 Å². The normalized spacial score (nSPS) is 21.9. The summed E-state index contributed by atoms with van der Waals surface area (Å²) in [6, 6.07) is 6.35. The van der Waals surface area contributed by atoms with Gasteiger partial charge in [-0.3, -0.25) is 0 Å². The largest absolute Gasteiger partial charge is 0.495 e. The lowest BCUT2D eigenvalue weighted by atomic mass is 10.1. The Labute approximate surface area is 133 Å². The molecule has 5 heteroatoms. The van der Waals surface area contributed by atoms with Gasteiger partial charge in [-0.1, -0.05) is 6.07 Å². The summed E-state index contributed by atoms with van der Waals surface area (Å²) >= 11 is 0. The predicted molar refractivity (Wildman–Crippen MR) is 88.6 cm³/mol. The Morgan fingerprint density at radius 1 is 1.32 bits per heavy atom. The van der Waals surface area contributed by atoms with Gasteiger partial charge in [0.05, 0.1) is 25.0 Å². The van der Waals surface area contributed by atoms with Crippen molar-refractivity contribution in [3.63, 3.8) is 0 Å². The molecule has 2 N–H and O–H groups in total. The van der Waals surface area contributed by atoms with E-state index in [1.54, 1.807) is 7.11 Å². The highest BCUT2D eigenvalue weighted by molar-refractivity contribution is 5.60. The summed E-state index contributed by atoms with van der Waals surface area (Å²) in [4.78, 5) is 2.33. The van der Waals surface area contributed by atoms with Crippen LogP contribution in [-0.2, 0) is 11.3 Å². The Morgan fingerprint density at radius 3 is 2.68 bits per heavy atom. The van der Waals surface area contributed by atoms with E-state index in [-0.39, 0.29) is 18.8 Å². The van der Waals surface area contributed by atoms with Gasteiger partial charge in [-0.25, -0.2) is 0 Å². The number of methoxy groups -OCH3 is 1. The third-order valence-electron chi connectivity index (χ3n) is 3.85. The van der Waals surface area contributed by atoms with E-state index >= 15 is 0 Å². The quantitative estimate of drug-likeness (QED) is 0.752. The van der Waals surface area contributed by atoms with Crippen molar-refractivity contribution >= 4 is 5.69 Å². The maximum Gasteiger partial charge on any atom is 0.142 e. The van der Waals surface area contributed by atoms with E-state index in [1.807, 2.05) is 0 Å². The number of rotatable bonds is 7. The molecule has 0 spiro atoms. The maximum absolute atomic E-state index is 8.79. The molecule has 2 unspecified atom stereocenters. The third-order valence-corrected chi connectivity index (χ3v) is 3.85. The first kappa shape index (κ1) is 17.1. The summed E-state index contributed by atoms with van der Waals surface area (Å²) in [5, 5.41) is 12.1. The first-order valence-corrected chi connectivity index (χ1v) is 8.03. The molecular weight excluding hydrogens is 280 g/mol. The van der Waals surface area contributed by atoms with Gasteiger partial charge in [-0.15, -0.1) is 0 Å². The Balaban J connectivity index is 2.05. The number of nitrogens with zero attached hydrogens (tertiary/aromatic N) is 1. The molecule has 1 fully saturated rings. The molecule has 22 heavy (non-hydrogen) atoms. The minimum Gasteiger partial charge on any atom is -0.495 e. The van der Waals surface area contributed by atoms with Crippen LogP contribution in [0.1, 0.15) is 25.8 Å². The van der Waals surface area contributed by atoms with Crippen molar-refractivity contribution in [2.45, 2.75) is 39.0 Å². The monoisotopic (exact) mass is 308 g/mol. The van der Waals surface area contributed by atoms with Crippen LogP contribution in [0.25, 0.3) is 0 Å².